The third kappa shape index (κ3) is 3.07. The molecule has 0 saturated carbocycles. The number of benzene rings is 3. The first-order valence-electron chi connectivity index (χ1n) is 8.75. The maximum Gasteiger partial charge on any atom is 0.219 e. The van der Waals surface area contributed by atoms with Crippen LogP contribution in [0.2, 0.25) is 0 Å². The number of aromatic nitrogens is 1. The van der Waals surface area contributed by atoms with E-state index in [1.54, 1.807) is 0 Å². The summed E-state index contributed by atoms with van der Waals surface area (Å²) in [5, 5.41) is 0. The first-order valence-corrected chi connectivity index (χ1v) is 8.75. The molecule has 3 aromatic carbocycles. The average molecular weight is 334 g/mol. The van der Waals surface area contributed by atoms with Gasteiger partial charge in [-0.05, 0) is 42.0 Å². The van der Waals surface area contributed by atoms with Gasteiger partial charge in [-0.2, -0.15) is 4.57 Å². The van der Waals surface area contributed by atoms with Gasteiger partial charge in [-0.1, -0.05) is 66.7 Å². The van der Waals surface area contributed by atoms with Crippen molar-refractivity contribution in [1.29, 1.82) is 0 Å². The summed E-state index contributed by atoms with van der Waals surface area (Å²) in [6.07, 6.45) is 1.89. The fourth-order valence-corrected chi connectivity index (χ4v) is 3.26. The first-order chi connectivity index (χ1) is 12.9. The Morgan fingerprint density at radius 2 is 0.885 bits per heavy atom. The second kappa shape index (κ2) is 7.20. The zero-order chi connectivity index (χ0) is 17.8. The van der Waals surface area contributed by atoms with Crippen LogP contribution in [0.5, 0.6) is 0 Å². The van der Waals surface area contributed by atoms with E-state index in [2.05, 4.69) is 96.1 Å². The Morgan fingerprint density at radius 3 is 1.27 bits per heavy atom. The molecule has 0 radical (unpaired) electrons. The molecule has 0 aliphatic carbocycles. The van der Waals surface area contributed by atoms with Crippen molar-refractivity contribution in [3.05, 3.63) is 110 Å². The maximum atomic E-state index is 4.07. The van der Waals surface area contributed by atoms with Gasteiger partial charge >= 0.3 is 0 Å². The van der Waals surface area contributed by atoms with Gasteiger partial charge in [0, 0.05) is 23.3 Å². The summed E-state index contributed by atoms with van der Waals surface area (Å²) in [6, 6.07) is 35.9. The van der Waals surface area contributed by atoms with Crippen LogP contribution in [0.1, 0.15) is 0 Å². The summed E-state index contributed by atoms with van der Waals surface area (Å²) in [5.41, 5.74) is 6.99. The van der Waals surface area contributed by atoms with Crippen molar-refractivity contribution in [2.45, 2.75) is 0 Å². The van der Waals surface area contributed by atoms with Crippen LogP contribution in [-0.2, 0) is 0 Å². The largest absolute Gasteiger partial charge is 0.219 e. The SMILES string of the molecule is C=C[n+]1c(-c2ccccc2)cc(-c2ccccc2)cc1-c1ccccc1. The second-order valence-electron chi connectivity index (χ2n) is 6.17. The van der Waals surface area contributed by atoms with E-state index in [1.165, 1.54) is 22.3 Å². The van der Waals surface area contributed by atoms with Crippen LogP contribution < -0.4 is 4.57 Å². The van der Waals surface area contributed by atoms with Crippen LogP contribution in [0.15, 0.2) is 110 Å². The van der Waals surface area contributed by atoms with Crippen LogP contribution >= 0.6 is 0 Å². The fourth-order valence-electron chi connectivity index (χ4n) is 3.26. The summed E-state index contributed by atoms with van der Waals surface area (Å²) >= 11 is 0. The third-order valence-electron chi connectivity index (χ3n) is 4.53. The van der Waals surface area contributed by atoms with E-state index < -0.39 is 0 Å². The van der Waals surface area contributed by atoms with E-state index in [0.29, 0.717) is 0 Å². The van der Waals surface area contributed by atoms with Crippen molar-refractivity contribution in [3.8, 4) is 33.6 Å². The van der Waals surface area contributed by atoms with Crippen LogP contribution in [0.25, 0.3) is 39.8 Å². The number of nitrogens with zero attached hydrogens (tertiary/aromatic N) is 1. The molecule has 0 atom stereocenters. The van der Waals surface area contributed by atoms with Gasteiger partial charge in [-0.25, -0.2) is 0 Å². The molecular formula is C25H20N+. The van der Waals surface area contributed by atoms with Gasteiger partial charge in [0.25, 0.3) is 0 Å². The standard InChI is InChI=1S/C25H20N/c1-2-26-24(21-14-8-4-9-15-21)18-23(20-12-6-3-7-13-20)19-25(26)22-16-10-5-11-17-22/h2-19H,1H2/q+1. The van der Waals surface area contributed by atoms with Gasteiger partial charge in [0.15, 0.2) is 6.20 Å². The molecule has 1 heterocycles. The van der Waals surface area contributed by atoms with E-state index >= 15 is 0 Å². The van der Waals surface area contributed by atoms with Crippen LogP contribution in [0.3, 0.4) is 0 Å². The summed E-state index contributed by atoms with van der Waals surface area (Å²) in [4.78, 5) is 0. The zero-order valence-corrected chi connectivity index (χ0v) is 14.5. The molecule has 0 amide bonds. The van der Waals surface area contributed by atoms with Gasteiger partial charge in [0.1, 0.15) is 0 Å². The van der Waals surface area contributed by atoms with E-state index in [4.69, 9.17) is 0 Å². The Kier molecular flexibility index (Phi) is 4.44. The molecule has 0 N–H and O–H groups in total. The summed E-state index contributed by atoms with van der Waals surface area (Å²) < 4.78 is 2.16. The molecule has 1 nitrogen and oxygen atoms in total. The van der Waals surface area contributed by atoms with Crippen LogP contribution in [-0.4, -0.2) is 0 Å². The highest BCUT2D eigenvalue weighted by molar-refractivity contribution is 5.74. The molecule has 4 aromatic rings. The smallest absolute Gasteiger partial charge is 0.160 e. The number of hydrogen-bond acceptors (Lipinski definition) is 0. The molecule has 0 unspecified atom stereocenters. The van der Waals surface area contributed by atoms with Crippen molar-refractivity contribution < 1.29 is 4.57 Å². The van der Waals surface area contributed by atoms with Crippen LogP contribution in [0, 0.1) is 0 Å². The Morgan fingerprint density at radius 1 is 0.500 bits per heavy atom. The summed E-state index contributed by atoms with van der Waals surface area (Å²) in [5.74, 6) is 0. The molecule has 0 bridgehead atoms. The predicted octanol–water partition coefficient (Wildman–Crippen LogP) is 6.08. The number of pyridine rings is 1. The number of hydrogen-bond donors (Lipinski definition) is 0. The zero-order valence-electron chi connectivity index (χ0n) is 14.5. The molecular weight excluding hydrogens is 314 g/mol. The minimum absolute atomic E-state index is 1.13. The molecule has 26 heavy (non-hydrogen) atoms. The molecule has 0 fully saturated rings. The Balaban J connectivity index is 2.03. The summed E-state index contributed by atoms with van der Waals surface area (Å²) in [7, 11) is 0. The van der Waals surface area contributed by atoms with Gasteiger partial charge < -0.3 is 0 Å². The molecule has 0 spiro atoms. The van der Waals surface area contributed by atoms with Gasteiger partial charge in [-0.3, -0.25) is 0 Å². The van der Waals surface area contributed by atoms with Crippen LogP contribution in [0.4, 0.5) is 0 Å². The lowest BCUT2D eigenvalue weighted by Gasteiger charge is -2.10. The minimum atomic E-state index is 1.13. The molecule has 4 rings (SSSR count). The third-order valence-corrected chi connectivity index (χ3v) is 4.53. The van der Waals surface area contributed by atoms with Crippen molar-refractivity contribution in [2.24, 2.45) is 0 Å². The van der Waals surface area contributed by atoms with Crippen molar-refractivity contribution in [2.75, 3.05) is 0 Å². The lowest BCUT2D eigenvalue weighted by Crippen LogP contribution is -2.32. The Labute approximate surface area is 154 Å². The molecule has 1 heteroatoms. The van der Waals surface area contributed by atoms with Gasteiger partial charge in [-0.15, -0.1) is 0 Å². The second-order valence-corrected chi connectivity index (χ2v) is 6.17. The first kappa shape index (κ1) is 16.0. The van der Waals surface area contributed by atoms with Crippen molar-refractivity contribution >= 4 is 6.20 Å². The van der Waals surface area contributed by atoms with E-state index in [-0.39, 0.29) is 0 Å². The normalized spacial score (nSPS) is 10.5. The lowest BCUT2D eigenvalue weighted by molar-refractivity contribution is -0.543. The Bertz CT molecular complexity index is 959. The van der Waals surface area contributed by atoms with Crippen molar-refractivity contribution in [1.82, 2.24) is 0 Å². The highest BCUT2D eigenvalue weighted by Gasteiger charge is 2.20. The molecule has 0 aliphatic rings. The maximum absolute atomic E-state index is 4.07. The Hall–Kier alpha value is -3.45. The van der Waals surface area contributed by atoms with Gasteiger partial charge in [0.2, 0.25) is 11.4 Å². The minimum Gasteiger partial charge on any atom is -0.160 e. The molecule has 0 saturated heterocycles. The average Bonchev–Trinajstić information content (AvgIpc) is 2.74. The van der Waals surface area contributed by atoms with E-state index in [9.17, 15) is 0 Å². The summed E-state index contributed by atoms with van der Waals surface area (Å²) in [6.45, 7) is 4.07. The van der Waals surface area contributed by atoms with E-state index in [0.717, 1.165) is 11.4 Å². The monoisotopic (exact) mass is 334 g/mol. The number of rotatable bonds is 4. The molecule has 0 aliphatic heterocycles. The highest BCUT2D eigenvalue weighted by atomic mass is 15.0. The topological polar surface area (TPSA) is 3.88 Å². The molecule has 124 valence electrons. The van der Waals surface area contributed by atoms with Crippen molar-refractivity contribution in [3.63, 3.8) is 0 Å². The van der Waals surface area contributed by atoms with Gasteiger partial charge in [0.05, 0.1) is 0 Å². The predicted molar refractivity (Wildman–Crippen MR) is 109 cm³/mol. The highest BCUT2D eigenvalue weighted by Crippen LogP contribution is 2.29. The fraction of sp³-hybridized carbons (Fsp3) is 0. The quantitative estimate of drug-likeness (QED) is 0.398. The lowest BCUT2D eigenvalue weighted by atomic mass is 9.99. The molecule has 1 aromatic heterocycles. The van der Waals surface area contributed by atoms with E-state index in [1.807, 2.05) is 24.4 Å².